The number of nitrogens with zero attached hydrogens (tertiary/aromatic N) is 1. The van der Waals surface area contributed by atoms with Gasteiger partial charge in [0.15, 0.2) is 0 Å². The van der Waals surface area contributed by atoms with Crippen molar-refractivity contribution in [2.24, 2.45) is 17.6 Å². The Balaban J connectivity index is 2.03. The van der Waals surface area contributed by atoms with Crippen LogP contribution in [0.1, 0.15) is 58.8 Å². The molecule has 0 aromatic heterocycles. The Hall–Kier alpha value is -0.570. The molecule has 4 atom stereocenters. The zero-order valence-electron chi connectivity index (χ0n) is 11.9. The number of amides is 1. The van der Waals surface area contributed by atoms with Crippen molar-refractivity contribution in [1.29, 1.82) is 0 Å². The van der Waals surface area contributed by atoms with Gasteiger partial charge in [0.1, 0.15) is 0 Å². The Morgan fingerprint density at radius 2 is 1.89 bits per heavy atom. The van der Waals surface area contributed by atoms with Crippen LogP contribution < -0.4 is 5.73 Å². The predicted molar refractivity (Wildman–Crippen MR) is 74.1 cm³/mol. The standard InChI is InChI=1S/C15H28N2O/c1-11-7-8-14(16)13(10-11)15(18)17-9-5-3-4-6-12(17)2/h11-14H,3-10,16H2,1-2H3. The first-order valence-corrected chi connectivity index (χ1v) is 7.65. The summed E-state index contributed by atoms with van der Waals surface area (Å²) in [5.74, 6) is 1.07. The number of carbonyl (C=O) groups is 1. The van der Waals surface area contributed by atoms with E-state index in [1.54, 1.807) is 0 Å². The van der Waals surface area contributed by atoms with Crippen LogP contribution in [0.15, 0.2) is 0 Å². The maximum absolute atomic E-state index is 12.7. The van der Waals surface area contributed by atoms with Gasteiger partial charge in [-0.3, -0.25) is 4.79 Å². The Bertz CT molecular complexity index is 288. The van der Waals surface area contributed by atoms with Crippen LogP contribution in [0.25, 0.3) is 0 Å². The summed E-state index contributed by atoms with van der Waals surface area (Å²) < 4.78 is 0. The minimum atomic E-state index is 0.0781. The fourth-order valence-corrected chi connectivity index (χ4v) is 3.50. The van der Waals surface area contributed by atoms with Gasteiger partial charge < -0.3 is 10.6 Å². The van der Waals surface area contributed by atoms with E-state index < -0.39 is 0 Å². The van der Waals surface area contributed by atoms with Gasteiger partial charge in [0, 0.05) is 18.6 Å². The molecule has 18 heavy (non-hydrogen) atoms. The van der Waals surface area contributed by atoms with Gasteiger partial charge in [0.25, 0.3) is 0 Å². The fraction of sp³-hybridized carbons (Fsp3) is 0.933. The molecule has 1 heterocycles. The molecule has 2 rings (SSSR count). The SMILES string of the molecule is CC1CCC(N)C(C(=O)N2CCCCCC2C)C1. The van der Waals surface area contributed by atoms with Crippen molar-refractivity contribution in [3.63, 3.8) is 0 Å². The first-order valence-electron chi connectivity index (χ1n) is 7.65. The molecular formula is C15H28N2O. The molecule has 1 aliphatic carbocycles. The lowest BCUT2D eigenvalue weighted by atomic mass is 9.78. The van der Waals surface area contributed by atoms with Crippen molar-refractivity contribution in [2.75, 3.05) is 6.54 Å². The van der Waals surface area contributed by atoms with Crippen LogP contribution >= 0.6 is 0 Å². The third kappa shape index (κ3) is 3.05. The van der Waals surface area contributed by atoms with Crippen molar-refractivity contribution >= 4 is 5.91 Å². The summed E-state index contributed by atoms with van der Waals surface area (Å²) in [6.07, 6.45) is 8.03. The monoisotopic (exact) mass is 252 g/mol. The number of rotatable bonds is 1. The quantitative estimate of drug-likeness (QED) is 0.779. The van der Waals surface area contributed by atoms with Gasteiger partial charge in [-0.1, -0.05) is 19.8 Å². The van der Waals surface area contributed by atoms with Gasteiger partial charge in [-0.2, -0.15) is 0 Å². The van der Waals surface area contributed by atoms with E-state index in [9.17, 15) is 4.79 Å². The molecule has 104 valence electrons. The third-order valence-corrected chi connectivity index (χ3v) is 4.82. The van der Waals surface area contributed by atoms with Gasteiger partial charge >= 0.3 is 0 Å². The summed E-state index contributed by atoms with van der Waals surface area (Å²) in [6, 6.07) is 0.494. The van der Waals surface area contributed by atoms with Crippen molar-refractivity contribution in [3.8, 4) is 0 Å². The zero-order chi connectivity index (χ0) is 13.1. The van der Waals surface area contributed by atoms with Crippen LogP contribution in [0.3, 0.4) is 0 Å². The number of hydrogen-bond acceptors (Lipinski definition) is 2. The van der Waals surface area contributed by atoms with Crippen LogP contribution in [0.4, 0.5) is 0 Å². The number of carbonyl (C=O) groups excluding carboxylic acids is 1. The molecule has 0 radical (unpaired) electrons. The smallest absolute Gasteiger partial charge is 0.227 e. The highest BCUT2D eigenvalue weighted by Crippen LogP contribution is 2.30. The molecule has 0 bridgehead atoms. The Morgan fingerprint density at radius 3 is 2.67 bits per heavy atom. The summed E-state index contributed by atoms with van der Waals surface area (Å²) in [4.78, 5) is 14.8. The van der Waals surface area contributed by atoms with Crippen molar-refractivity contribution < 1.29 is 4.79 Å². The Morgan fingerprint density at radius 1 is 1.11 bits per heavy atom. The van der Waals surface area contributed by atoms with Crippen molar-refractivity contribution in [2.45, 2.75) is 70.9 Å². The van der Waals surface area contributed by atoms with E-state index in [4.69, 9.17) is 5.73 Å². The van der Waals surface area contributed by atoms with Crippen molar-refractivity contribution in [1.82, 2.24) is 4.90 Å². The molecule has 2 N–H and O–H groups in total. The fourth-order valence-electron chi connectivity index (χ4n) is 3.50. The average Bonchev–Trinajstić information content (AvgIpc) is 2.56. The van der Waals surface area contributed by atoms with Crippen LogP contribution in [-0.4, -0.2) is 29.4 Å². The van der Waals surface area contributed by atoms with Crippen LogP contribution in [0.2, 0.25) is 0 Å². The van der Waals surface area contributed by atoms with Gasteiger partial charge in [-0.05, 0) is 44.9 Å². The van der Waals surface area contributed by atoms with E-state index in [2.05, 4.69) is 18.7 Å². The molecule has 0 aromatic rings. The first kappa shape index (κ1) is 13.9. The first-order chi connectivity index (χ1) is 8.59. The molecule has 2 fully saturated rings. The van der Waals surface area contributed by atoms with Crippen LogP contribution in [0, 0.1) is 11.8 Å². The van der Waals surface area contributed by atoms with Gasteiger partial charge in [-0.15, -0.1) is 0 Å². The van der Waals surface area contributed by atoms with E-state index in [0.29, 0.717) is 17.9 Å². The topological polar surface area (TPSA) is 46.3 Å². The molecule has 1 saturated carbocycles. The summed E-state index contributed by atoms with van der Waals surface area (Å²) in [5.41, 5.74) is 6.19. The largest absolute Gasteiger partial charge is 0.340 e. The van der Waals surface area contributed by atoms with E-state index in [1.165, 1.54) is 19.3 Å². The predicted octanol–water partition coefficient (Wildman–Crippen LogP) is 2.54. The summed E-state index contributed by atoms with van der Waals surface area (Å²) in [6.45, 7) is 5.39. The molecule has 4 unspecified atom stereocenters. The van der Waals surface area contributed by atoms with E-state index in [0.717, 1.165) is 32.2 Å². The lowest BCUT2D eigenvalue weighted by molar-refractivity contribution is -0.139. The lowest BCUT2D eigenvalue weighted by Gasteiger charge is -2.37. The minimum Gasteiger partial charge on any atom is -0.340 e. The Kier molecular flexibility index (Phi) is 4.66. The summed E-state index contributed by atoms with van der Waals surface area (Å²) >= 11 is 0. The third-order valence-electron chi connectivity index (χ3n) is 4.82. The molecule has 3 heteroatoms. The second-order valence-corrected chi connectivity index (χ2v) is 6.42. The summed E-state index contributed by atoms with van der Waals surface area (Å²) in [5, 5.41) is 0. The van der Waals surface area contributed by atoms with Crippen LogP contribution in [0.5, 0.6) is 0 Å². The minimum absolute atomic E-state index is 0.0781. The zero-order valence-corrected chi connectivity index (χ0v) is 11.9. The second-order valence-electron chi connectivity index (χ2n) is 6.42. The maximum atomic E-state index is 12.7. The average molecular weight is 252 g/mol. The van der Waals surface area contributed by atoms with E-state index in [-0.39, 0.29) is 12.0 Å². The molecule has 1 aliphatic heterocycles. The normalized spacial score (nSPS) is 38.3. The van der Waals surface area contributed by atoms with E-state index in [1.807, 2.05) is 0 Å². The van der Waals surface area contributed by atoms with Gasteiger partial charge in [-0.25, -0.2) is 0 Å². The molecule has 1 amide bonds. The lowest BCUT2D eigenvalue weighted by Crippen LogP contribution is -2.49. The molecule has 2 aliphatic rings. The number of nitrogens with two attached hydrogens (primary N) is 1. The molecule has 0 spiro atoms. The van der Waals surface area contributed by atoms with Crippen LogP contribution in [-0.2, 0) is 4.79 Å². The van der Waals surface area contributed by atoms with Crippen molar-refractivity contribution in [3.05, 3.63) is 0 Å². The van der Waals surface area contributed by atoms with Gasteiger partial charge in [0.2, 0.25) is 5.91 Å². The molecular weight excluding hydrogens is 224 g/mol. The second kappa shape index (κ2) is 6.05. The van der Waals surface area contributed by atoms with Gasteiger partial charge in [0.05, 0.1) is 5.92 Å². The highest BCUT2D eigenvalue weighted by atomic mass is 16.2. The molecule has 3 nitrogen and oxygen atoms in total. The summed E-state index contributed by atoms with van der Waals surface area (Å²) in [7, 11) is 0. The number of hydrogen-bond donors (Lipinski definition) is 1. The maximum Gasteiger partial charge on any atom is 0.227 e. The number of likely N-dealkylation sites (tertiary alicyclic amines) is 1. The van der Waals surface area contributed by atoms with E-state index >= 15 is 0 Å². The highest BCUT2D eigenvalue weighted by Gasteiger charge is 2.35. The molecule has 0 aromatic carbocycles. The highest BCUT2D eigenvalue weighted by molar-refractivity contribution is 5.80. The Labute approximate surface area is 111 Å². The molecule has 1 saturated heterocycles.